The Morgan fingerprint density at radius 1 is 1.07 bits per heavy atom. The smallest absolute Gasteiger partial charge is 0.251 e. The lowest BCUT2D eigenvalue weighted by atomic mass is 10.1. The number of carbonyl (C=O) groups excluding carboxylic acids is 1. The van der Waals surface area contributed by atoms with Crippen molar-refractivity contribution in [1.82, 2.24) is 10.0 Å². The zero-order valence-electron chi connectivity index (χ0n) is 15.8. The molecule has 0 saturated heterocycles. The van der Waals surface area contributed by atoms with Gasteiger partial charge in [-0.25, -0.2) is 13.1 Å². The fourth-order valence-electron chi connectivity index (χ4n) is 2.55. The van der Waals surface area contributed by atoms with E-state index in [0.29, 0.717) is 0 Å². The minimum atomic E-state index is -3.77. The number of sulfonamides is 1. The molecule has 0 radical (unpaired) electrons. The molecule has 1 unspecified atom stereocenters. The molecular formula is C19H24N2O5S. The van der Waals surface area contributed by atoms with Gasteiger partial charge < -0.3 is 14.8 Å². The zero-order chi connectivity index (χ0) is 20.0. The van der Waals surface area contributed by atoms with E-state index in [1.807, 2.05) is 31.2 Å². The Morgan fingerprint density at radius 2 is 1.74 bits per heavy atom. The first-order valence-electron chi connectivity index (χ1n) is 8.45. The highest BCUT2D eigenvalue weighted by Crippen LogP contribution is 2.25. The summed E-state index contributed by atoms with van der Waals surface area (Å²) in [6.45, 7) is 3.76. The van der Waals surface area contributed by atoms with Crippen molar-refractivity contribution >= 4 is 15.9 Å². The van der Waals surface area contributed by atoms with E-state index in [1.165, 1.54) is 25.3 Å². The highest BCUT2D eigenvalue weighted by atomic mass is 32.2. The fraction of sp³-hybridized carbons (Fsp3) is 0.316. The molecule has 0 heterocycles. The van der Waals surface area contributed by atoms with Crippen molar-refractivity contribution in [3.8, 4) is 11.5 Å². The minimum absolute atomic E-state index is 0.0726. The molecule has 0 aliphatic carbocycles. The van der Waals surface area contributed by atoms with Gasteiger partial charge in [0.05, 0.1) is 20.3 Å². The van der Waals surface area contributed by atoms with Gasteiger partial charge in [0.15, 0.2) is 0 Å². The maximum Gasteiger partial charge on any atom is 0.251 e. The number of methoxy groups -OCH3 is 2. The van der Waals surface area contributed by atoms with Crippen LogP contribution < -0.4 is 19.5 Å². The van der Waals surface area contributed by atoms with Crippen molar-refractivity contribution < 1.29 is 22.7 Å². The van der Waals surface area contributed by atoms with Crippen LogP contribution in [0.25, 0.3) is 0 Å². The molecule has 1 amide bonds. The Morgan fingerprint density at radius 3 is 2.30 bits per heavy atom. The predicted molar refractivity (Wildman–Crippen MR) is 103 cm³/mol. The van der Waals surface area contributed by atoms with Crippen LogP contribution in [0.2, 0.25) is 0 Å². The van der Waals surface area contributed by atoms with Gasteiger partial charge in [-0.05, 0) is 42.8 Å². The van der Waals surface area contributed by atoms with Crippen LogP contribution in [0.15, 0.2) is 47.4 Å². The van der Waals surface area contributed by atoms with E-state index in [-0.39, 0.29) is 34.7 Å². The lowest BCUT2D eigenvalue weighted by Gasteiger charge is -2.16. The van der Waals surface area contributed by atoms with Gasteiger partial charge in [0.2, 0.25) is 10.0 Å². The molecule has 0 saturated carbocycles. The SMILES string of the molecule is CCNS(=O)(=O)c1cc(C(=O)NC(C)c2ccc(OC)cc2)ccc1OC. The zero-order valence-corrected chi connectivity index (χ0v) is 16.6. The summed E-state index contributed by atoms with van der Waals surface area (Å²) in [5.74, 6) is 0.523. The van der Waals surface area contributed by atoms with Crippen LogP contribution in [-0.4, -0.2) is 35.1 Å². The molecule has 0 fully saturated rings. The summed E-state index contributed by atoms with van der Waals surface area (Å²) < 4.78 is 37.4. The van der Waals surface area contributed by atoms with Crippen molar-refractivity contribution in [2.45, 2.75) is 24.8 Å². The molecule has 0 aliphatic heterocycles. The van der Waals surface area contributed by atoms with Gasteiger partial charge in [0.25, 0.3) is 5.91 Å². The normalized spacial score (nSPS) is 12.3. The standard InChI is InChI=1S/C19H24N2O5S/c1-5-20-27(23,24)18-12-15(8-11-17(18)26-4)19(22)21-13(2)14-6-9-16(25-3)10-7-14/h6-13,20H,5H2,1-4H3,(H,21,22). The highest BCUT2D eigenvalue weighted by molar-refractivity contribution is 7.89. The first kappa shape index (κ1) is 20.7. The van der Waals surface area contributed by atoms with E-state index in [9.17, 15) is 13.2 Å². The summed E-state index contributed by atoms with van der Waals surface area (Å²) in [5.41, 5.74) is 1.13. The number of rotatable bonds is 8. The molecule has 8 heteroatoms. The topological polar surface area (TPSA) is 93.7 Å². The average molecular weight is 392 g/mol. The van der Waals surface area contributed by atoms with Crippen LogP contribution in [0.1, 0.15) is 35.8 Å². The van der Waals surface area contributed by atoms with E-state index in [0.717, 1.165) is 11.3 Å². The quantitative estimate of drug-likeness (QED) is 0.720. The molecule has 27 heavy (non-hydrogen) atoms. The number of hydrogen-bond donors (Lipinski definition) is 2. The van der Waals surface area contributed by atoms with Crippen molar-refractivity contribution in [3.05, 3.63) is 53.6 Å². The van der Waals surface area contributed by atoms with Gasteiger partial charge in [0.1, 0.15) is 16.4 Å². The van der Waals surface area contributed by atoms with E-state index >= 15 is 0 Å². The van der Waals surface area contributed by atoms with E-state index in [1.54, 1.807) is 14.0 Å². The van der Waals surface area contributed by atoms with Crippen molar-refractivity contribution in [2.24, 2.45) is 0 Å². The average Bonchev–Trinajstić information content (AvgIpc) is 2.67. The minimum Gasteiger partial charge on any atom is -0.497 e. The Hall–Kier alpha value is -2.58. The van der Waals surface area contributed by atoms with Gasteiger partial charge in [-0.3, -0.25) is 4.79 Å². The maximum absolute atomic E-state index is 12.6. The summed E-state index contributed by atoms with van der Waals surface area (Å²) in [5, 5.41) is 2.86. The second-order valence-corrected chi connectivity index (χ2v) is 7.57. The Kier molecular flexibility index (Phi) is 6.81. The largest absolute Gasteiger partial charge is 0.497 e. The Labute approximate surface area is 159 Å². The van der Waals surface area contributed by atoms with Crippen molar-refractivity contribution in [1.29, 1.82) is 0 Å². The van der Waals surface area contributed by atoms with E-state index < -0.39 is 10.0 Å². The third kappa shape index (κ3) is 4.99. The second kappa shape index (κ2) is 8.88. The van der Waals surface area contributed by atoms with Gasteiger partial charge in [0, 0.05) is 12.1 Å². The maximum atomic E-state index is 12.6. The van der Waals surface area contributed by atoms with E-state index in [4.69, 9.17) is 9.47 Å². The third-order valence-electron chi connectivity index (χ3n) is 4.01. The number of hydrogen-bond acceptors (Lipinski definition) is 5. The van der Waals surface area contributed by atoms with Crippen LogP contribution in [-0.2, 0) is 10.0 Å². The molecule has 2 rings (SSSR count). The second-order valence-electron chi connectivity index (χ2n) is 5.84. The molecule has 0 bridgehead atoms. The summed E-state index contributed by atoms with van der Waals surface area (Å²) in [7, 11) is -0.799. The van der Waals surface area contributed by atoms with Crippen LogP contribution in [0, 0.1) is 0 Å². The number of benzene rings is 2. The van der Waals surface area contributed by atoms with Crippen LogP contribution in [0.5, 0.6) is 11.5 Å². The monoisotopic (exact) mass is 392 g/mol. The number of ether oxygens (including phenoxy) is 2. The van der Waals surface area contributed by atoms with Gasteiger partial charge in [-0.2, -0.15) is 0 Å². The van der Waals surface area contributed by atoms with E-state index in [2.05, 4.69) is 10.0 Å². The van der Waals surface area contributed by atoms with Crippen molar-refractivity contribution in [3.63, 3.8) is 0 Å². The number of carbonyl (C=O) groups is 1. The van der Waals surface area contributed by atoms with Gasteiger partial charge in [-0.1, -0.05) is 19.1 Å². The Balaban J connectivity index is 2.25. The molecule has 0 aliphatic rings. The molecule has 7 nitrogen and oxygen atoms in total. The van der Waals surface area contributed by atoms with Gasteiger partial charge >= 0.3 is 0 Å². The molecule has 2 aromatic rings. The van der Waals surface area contributed by atoms with Gasteiger partial charge in [-0.15, -0.1) is 0 Å². The van der Waals surface area contributed by atoms with Crippen LogP contribution in [0.3, 0.4) is 0 Å². The highest BCUT2D eigenvalue weighted by Gasteiger charge is 2.21. The molecule has 0 spiro atoms. The molecule has 2 aromatic carbocycles. The fourth-order valence-corrected chi connectivity index (χ4v) is 3.79. The van der Waals surface area contributed by atoms with Crippen LogP contribution in [0.4, 0.5) is 0 Å². The molecule has 146 valence electrons. The summed E-state index contributed by atoms with van der Waals surface area (Å²) in [4.78, 5) is 12.5. The summed E-state index contributed by atoms with van der Waals surface area (Å²) >= 11 is 0. The van der Waals surface area contributed by atoms with Crippen molar-refractivity contribution in [2.75, 3.05) is 20.8 Å². The number of nitrogens with one attached hydrogen (secondary N) is 2. The predicted octanol–water partition coefficient (Wildman–Crippen LogP) is 2.49. The third-order valence-corrected chi connectivity index (χ3v) is 5.58. The number of amides is 1. The lowest BCUT2D eigenvalue weighted by Crippen LogP contribution is -2.28. The molecule has 2 N–H and O–H groups in total. The summed E-state index contributed by atoms with van der Waals surface area (Å²) in [6, 6.07) is 11.4. The molecular weight excluding hydrogens is 368 g/mol. The first-order chi connectivity index (χ1) is 12.8. The Bertz CT molecular complexity index is 895. The van der Waals surface area contributed by atoms with Crippen LogP contribution >= 0.6 is 0 Å². The lowest BCUT2D eigenvalue weighted by molar-refractivity contribution is 0.0939. The molecule has 1 atom stereocenters. The first-order valence-corrected chi connectivity index (χ1v) is 9.93. The summed E-state index contributed by atoms with van der Waals surface area (Å²) in [6.07, 6.45) is 0. The molecule has 0 aromatic heterocycles.